The molecule has 0 fully saturated rings. The van der Waals surface area contributed by atoms with Crippen LogP contribution in [0.1, 0.15) is 10.7 Å². The summed E-state index contributed by atoms with van der Waals surface area (Å²) in [7, 11) is 0. The number of imidazole rings is 1. The van der Waals surface area contributed by atoms with E-state index in [1.165, 1.54) is 23.5 Å². The van der Waals surface area contributed by atoms with Gasteiger partial charge in [0, 0.05) is 4.88 Å². The number of alkyl halides is 3. The van der Waals surface area contributed by atoms with Crippen LogP contribution in [-0.4, -0.2) is 15.5 Å². The molecule has 0 aliphatic rings. The van der Waals surface area contributed by atoms with Gasteiger partial charge in [0.05, 0.1) is 21.9 Å². The molecular formula is C15H11ClF3N3OS. The van der Waals surface area contributed by atoms with E-state index in [0.29, 0.717) is 4.34 Å². The van der Waals surface area contributed by atoms with Crippen LogP contribution in [-0.2, 0) is 24.1 Å². The summed E-state index contributed by atoms with van der Waals surface area (Å²) in [6, 6.07) is 9.63. The maximum Gasteiger partial charge on any atom is 0.449 e. The quantitative estimate of drug-likeness (QED) is 0.748. The van der Waals surface area contributed by atoms with Crippen LogP contribution in [0.2, 0.25) is 4.34 Å². The zero-order chi connectivity index (χ0) is 17.3. The first-order valence-electron chi connectivity index (χ1n) is 6.88. The lowest BCUT2D eigenvalue weighted by atomic mass is 10.3. The number of benzene rings is 1. The average molecular weight is 374 g/mol. The average Bonchev–Trinajstić information content (AvgIpc) is 3.09. The molecule has 9 heteroatoms. The Labute approximate surface area is 143 Å². The lowest BCUT2D eigenvalue weighted by molar-refractivity contribution is -0.147. The highest BCUT2D eigenvalue weighted by Crippen LogP contribution is 2.31. The summed E-state index contributed by atoms with van der Waals surface area (Å²) in [5.74, 6) is -1.62. The second kappa shape index (κ2) is 6.45. The van der Waals surface area contributed by atoms with E-state index in [1.807, 2.05) is 0 Å². The van der Waals surface area contributed by atoms with Crippen molar-refractivity contribution in [3.05, 3.63) is 51.4 Å². The largest absolute Gasteiger partial charge is 0.449 e. The fourth-order valence-electron chi connectivity index (χ4n) is 2.28. The molecule has 4 nitrogen and oxygen atoms in total. The minimum atomic E-state index is -4.64. The van der Waals surface area contributed by atoms with Gasteiger partial charge in [0.25, 0.3) is 0 Å². The van der Waals surface area contributed by atoms with Gasteiger partial charge in [-0.2, -0.15) is 13.2 Å². The first kappa shape index (κ1) is 16.8. The number of para-hydroxylation sites is 2. The van der Waals surface area contributed by atoms with Crippen molar-refractivity contribution in [2.75, 3.05) is 0 Å². The maximum atomic E-state index is 13.2. The Hall–Kier alpha value is -2.06. The molecule has 0 aliphatic heterocycles. The number of hydrogen-bond donors (Lipinski definition) is 1. The summed E-state index contributed by atoms with van der Waals surface area (Å²) in [6.45, 7) is -0.251. The lowest BCUT2D eigenvalue weighted by Gasteiger charge is -2.11. The van der Waals surface area contributed by atoms with E-state index in [-0.39, 0.29) is 17.6 Å². The van der Waals surface area contributed by atoms with Crippen LogP contribution in [0, 0.1) is 0 Å². The Morgan fingerprint density at radius 1 is 1.25 bits per heavy atom. The Kier molecular flexibility index (Phi) is 4.51. The first-order chi connectivity index (χ1) is 11.3. The van der Waals surface area contributed by atoms with Crippen LogP contribution in [0.15, 0.2) is 36.4 Å². The minimum Gasteiger partial charge on any atom is -0.350 e. The normalized spacial score (nSPS) is 11.8. The standard InChI is InChI=1S/C15H11ClF3N3OS/c16-12-6-5-9(24-12)7-20-13(23)8-22-11-4-2-1-3-10(11)21-14(22)15(17,18)19/h1-6H,7-8H2,(H,20,23). The van der Waals surface area contributed by atoms with E-state index in [9.17, 15) is 18.0 Å². The van der Waals surface area contributed by atoms with E-state index in [1.54, 1.807) is 24.3 Å². The lowest BCUT2D eigenvalue weighted by Crippen LogP contribution is -2.28. The Morgan fingerprint density at radius 2 is 2.00 bits per heavy atom. The second-order valence-corrected chi connectivity index (χ2v) is 6.79. The number of rotatable bonds is 4. The third-order valence-corrected chi connectivity index (χ3v) is 4.53. The molecule has 1 amide bonds. The third kappa shape index (κ3) is 3.54. The van der Waals surface area contributed by atoms with Gasteiger partial charge in [-0.05, 0) is 24.3 Å². The molecule has 0 radical (unpaired) electrons. The molecule has 0 aliphatic carbocycles. The number of hydrogen-bond acceptors (Lipinski definition) is 3. The molecule has 2 aromatic heterocycles. The second-order valence-electron chi connectivity index (χ2n) is 4.99. The Balaban J connectivity index is 1.82. The molecular weight excluding hydrogens is 363 g/mol. The fourth-order valence-corrected chi connectivity index (χ4v) is 3.31. The van der Waals surface area contributed by atoms with Gasteiger partial charge in [0.2, 0.25) is 11.7 Å². The van der Waals surface area contributed by atoms with Crippen molar-refractivity contribution in [3.63, 3.8) is 0 Å². The monoisotopic (exact) mass is 373 g/mol. The number of carbonyl (C=O) groups is 1. The van der Waals surface area contributed by atoms with Crippen LogP contribution >= 0.6 is 22.9 Å². The fraction of sp³-hybridized carbons (Fsp3) is 0.200. The smallest absolute Gasteiger partial charge is 0.350 e. The van der Waals surface area contributed by atoms with Gasteiger partial charge in [0.15, 0.2) is 0 Å². The highest BCUT2D eigenvalue weighted by Gasteiger charge is 2.37. The molecule has 1 aromatic carbocycles. The van der Waals surface area contributed by atoms with Gasteiger partial charge >= 0.3 is 6.18 Å². The molecule has 0 atom stereocenters. The summed E-state index contributed by atoms with van der Waals surface area (Å²) >= 11 is 7.09. The van der Waals surface area contributed by atoms with Crippen molar-refractivity contribution in [1.29, 1.82) is 0 Å². The summed E-state index contributed by atoms with van der Waals surface area (Å²) in [5.41, 5.74) is 0.460. The topological polar surface area (TPSA) is 46.9 Å². The Morgan fingerprint density at radius 3 is 2.67 bits per heavy atom. The number of thiophene rings is 1. The number of nitrogens with one attached hydrogen (secondary N) is 1. The van der Waals surface area contributed by atoms with Crippen molar-refractivity contribution in [1.82, 2.24) is 14.9 Å². The van der Waals surface area contributed by atoms with Crippen LogP contribution in [0.3, 0.4) is 0 Å². The number of nitrogens with zero attached hydrogens (tertiary/aromatic N) is 2. The zero-order valence-electron chi connectivity index (χ0n) is 12.1. The predicted octanol–water partition coefficient (Wildman–Crippen LogP) is 4.09. The van der Waals surface area contributed by atoms with Crippen LogP contribution in [0.25, 0.3) is 11.0 Å². The SMILES string of the molecule is O=C(Cn1c(C(F)(F)F)nc2ccccc21)NCc1ccc(Cl)s1. The first-order valence-corrected chi connectivity index (χ1v) is 8.07. The van der Waals surface area contributed by atoms with E-state index in [0.717, 1.165) is 9.44 Å². The van der Waals surface area contributed by atoms with Crippen molar-refractivity contribution < 1.29 is 18.0 Å². The molecule has 0 unspecified atom stereocenters. The zero-order valence-corrected chi connectivity index (χ0v) is 13.7. The summed E-state index contributed by atoms with van der Waals surface area (Å²) in [5, 5.41) is 2.59. The molecule has 0 spiro atoms. The van der Waals surface area contributed by atoms with Crippen molar-refractivity contribution in [2.24, 2.45) is 0 Å². The van der Waals surface area contributed by atoms with Crippen molar-refractivity contribution in [3.8, 4) is 0 Å². The van der Waals surface area contributed by atoms with Crippen LogP contribution in [0.5, 0.6) is 0 Å². The van der Waals surface area contributed by atoms with Crippen molar-refractivity contribution >= 4 is 39.9 Å². The van der Waals surface area contributed by atoms with Crippen LogP contribution < -0.4 is 5.32 Å². The molecule has 0 bridgehead atoms. The number of halogens is 4. The van der Waals surface area contributed by atoms with Gasteiger partial charge in [-0.15, -0.1) is 11.3 Å². The van der Waals surface area contributed by atoms with Gasteiger partial charge in [-0.1, -0.05) is 23.7 Å². The Bertz CT molecular complexity index is 888. The van der Waals surface area contributed by atoms with Gasteiger partial charge in [-0.3, -0.25) is 4.79 Å². The molecule has 126 valence electrons. The summed E-state index contributed by atoms with van der Waals surface area (Å²) in [6.07, 6.45) is -4.64. The van der Waals surface area contributed by atoms with Gasteiger partial charge in [-0.25, -0.2) is 4.98 Å². The molecule has 3 aromatic rings. The number of aromatic nitrogens is 2. The molecule has 2 heterocycles. The summed E-state index contributed by atoms with van der Waals surface area (Å²) < 4.78 is 41.0. The molecule has 24 heavy (non-hydrogen) atoms. The number of carbonyl (C=O) groups excluding carboxylic acids is 1. The summed E-state index contributed by atoms with van der Waals surface area (Å²) in [4.78, 5) is 16.5. The predicted molar refractivity (Wildman–Crippen MR) is 85.9 cm³/mol. The number of amides is 1. The molecule has 0 saturated carbocycles. The number of fused-ring (bicyclic) bond motifs is 1. The highest BCUT2D eigenvalue weighted by atomic mass is 35.5. The van der Waals surface area contributed by atoms with E-state index >= 15 is 0 Å². The van der Waals surface area contributed by atoms with Gasteiger partial charge < -0.3 is 9.88 Å². The highest BCUT2D eigenvalue weighted by molar-refractivity contribution is 7.16. The van der Waals surface area contributed by atoms with Crippen molar-refractivity contribution in [2.45, 2.75) is 19.3 Å². The molecule has 3 rings (SSSR count). The van der Waals surface area contributed by atoms with Gasteiger partial charge in [0.1, 0.15) is 6.54 Å². The van der Waals surface area contributed by atoms with E-state index in [2.05, 4.69) is 10.3 Å². The minimum absolute atomic E-state index is 0.197. The maximum absolute atomic E-state index is 13.2. The third-order valence-electron chi connectivity index (χ3n) is 3.30. The van der Waals surface area contributed by atoms with E-state index < -0.39 is 24.5 Å². The van der Waals surface area contributed by atoms with E-state index in [4.69, 9.17) is 11.6 Å². The molecule has 0 saturated heterocycles. The van der Waals surface area contributed by atoms with Crippen LogP contribution in [0.4, 0.5) is 13.2 Å². The molecule has 1 N–H and O–H groups in total.